The van der Waals surface area contributed by atoms with E-state index in [1.165, 1.54) is 0 Å². The number of benzene rings is 1. The van der Waals surface area contributed by atoms with Crippen molar-refractivity contribution in [3.8, 4) is 0 Å². The van der Waals surface area contributed by atoms with Crippen LogP contribution in [0.25, 0.3) is 0 Å². The van der Waals surface area contributed by atoms with E-state index < -0.39 is 33.8 Å². The Balaban J connectivity index is 3.01. The third-order valence-electron chi connectivity index (χ3n) is 2.34. The molecule has 1 rings (SSSR count). The van der Waals surface area contributed by atoms with E-state index in [2.05, 4.69) is 4.72 Å². The lowest BCUT2D eigenvalue weighted by atomic mass is 10.1. The summed E-state index contributed by atoms with van der Waals surface area (Å²) in [5.74, 6) is -2.22. The van der Waals surface area contributed by atoms with E-state index >= 15 is 0 Å². The molecule has 7 heteroatoms. The minimum atomic E-state index is -3.96. The van der Waals surface area contributed by atoms with Crippen molar-refractivity contribution in [3.05, 3.63) is 30.1 Å². The first-order chi connectivity index (χ1) is 8.24. The minimum Gasteiger partial charge on any atom is -0.480 e. The second-order valence-electron chi connectivity index (χ2n) is 4.14. The minimum absolute atomic E-state index is 0.171. The fraction of sp³-hybridized carbons (Fsp3) is 0.364. The van der Waals surface area contributed by atoms with Crippen LogP contribution < -0.4 is 4.72 Å². The Hall–Kier alpha value is -1.47. The first-order valence-corrected chi connectivity index (χ1v) is 6.73. The topological polar surface area (TPSA) is 83.5 Å². The zero-order chi connectivity index (χ0) is 13.9. The Kier molecular flexibility index (Phi) is 4.42. The molecule has 0 amide bonds. The summed E-state index contributed by atoms with van der Waals surface area (Å²) in [5, 5.41) is 8.91. The third kappa shape index (κ3) is 3.51. The monoisotopic (exact) mass is 275 g/mol. The second kappa shape index (κ2) is 5.45. The van der Waals surface area contributed by atoms with Crippen LogP contribution in [0.2, 0.25) is 0 Å². The van der Waals surface area contributed by atoms with Gasteiger partial charge in [0.25, 0.3) is 0 Å². The van der Waals surface area contributed by atoms with Crippen molar-refractivity contribution >= 4 is 16.0 Å². The van der Waals surface area contributed by atoms with Gasteiger partial charge in [-0.25, -0.2) is 12.8 Å². The Morgan fingerprint density at radius 3 is 2.17 bits per heavy atom. The molecular formula is C11H14FNO4S. The number of hydrogen-bond donors (Lipinski definition) is 2. The predicted octanol–water partition coefficient (Wildman–Crippen LogP) is 1.21. The lowest BCUT2D eigenvalue weighted by Gasteiger charge is -2.17. The van der Waals surface area contributed by atoms with Gasteiger partial charge in [-0.2, -0.15) is 4.72 Å². The molecule has 0 saturated heterocycles. The van der Waals surface area contributed by atoms with Crippen LogP contribution in [0.3, 0.4) is 0 Å². The molecule has 18 heavy (non-hydrogen) atoms. The van der Waals surface area contributed by atoms with E-state index in [0.717, 1.165) is 24.3 Å². The molecule has 100 valence electrons. The highest BCUT2D eigenvalue weighted by Gasteiger charge is 2.27. The Morgan fingerprint density at radius 1 is 1.28 bits per heavy atom. The first-order valence-electron chi connectivity index (χ1n) is 5.25. The van der Waals surface area contributed by atoms with Gasteiger partial charge in [0.1, 0.15) is 11.9 Å². The van der Waals surface area contributed by atoms with Crippen LogP contribution in [0.1, 0.15) is 13.8 Å². The molecule has 0 radical (unpaired) electrons. The molecule has 1 aromatic carbocycles. The quantitative estimate of drug-likeness (QED) is 0.846. The van der Waals surface area contributed by atoms with Crippen molar-refractivity contribution in [2.45, 2.75) is 24.8 Å². The van der Waals surface area contributed by atoms with Crippen molar-refractivity contribution in [3.63, 3.8) is 0 Å². The van der Waals surface area contributed by atoms with Crippen molar-refractivity contribution in [1.82, 2.24) is 4.72 Å². The SMILES string of the molecule is CC(C)C(NS(=O)(=O)c1ccc(F)cc1)C(=O)O. The number of rotatable bonds is 5. The number of carboxylic acid groups (broad SMARTS) is 1. The molecule has 5 nitrogen and oxygen atoms in total. The van der Waals surface area contributed by atoms with Gasteiger partial charge >= 0.3 is 5.97 Å². The molecule has 0 spiro atoms. The number of aliphatic carboxylic acids is 1. The van der Waals surface area contributed by atoms with E-state index in [4.69, 9.17) is 5.11 Å². The fourth-order valence-electron chi connectivity index (χ4n) is 1.32. The Labute approximate surface area is 105 Å². The molecular weight excluding hydrogens is 261 g/mol. The number of carboxylic acids is 1. The maximum atomic E-state index is 12.7. The molecule has 0 heterocycles. The molecule has 0 bridgehead atoms. The third-order valence-corrected chi connectivity index (χ3v) is 3.80. The summed E-state index contributed by atoms with van der Waals surface area (Å²) in [4.78, 5) is 10.7. The summed E-state index contributed by atoms with van der Waals surface area (Å²) in [5.41, 5.74) is 0. The average molecular weight is 275 g/mol. The van der Waals surface area contributed by atoms with Gasteiger partial charge in [-0.3, -0.25) is 4.79 Å². The van der Waals surface area contributed by atoms with E-state index in [9.17, 15) is 17.6 Å². The highest BCUT2D eigenvalue weighted by Crippen LogP contribution is 2.12. The standard InChI is InChI=1S/C11H14FNO4S/c1-7(2)10(11(14)15)13-18(16,17)9-5-3-8(12)4-6-9/h3-7,10,13H,1-2H3,(H,14,15). The summed E-state index contributed by atoms with van der Waals surface area (Å²) in [7, 11) is -3.96. The molecule has 1 unspecified atom stereocenters. The van der Waals surface area contributed by atoms with Gasteiger partial charge in [0.2, 0.25) is 10.0 Å². The molecule has 2 N–H and O–H groups in total. The lowest BCUT2D eigenvalue weighted by Crippen LogP contribution is -2.44. The molecule has 0 saturated carbocycles. The van der Waals surface area contributed by atoms with E-state index in [1.807, 2.05) is 0 Å². The normalized spacial score (nSPS) is 13.6. The summed E-state index contributed by atoms with van der Waals surface area (Å²) in [6.07, 6.45) is 0. The van der Waals surface area contributed by atoms with E-state index in [1.54, 1.807) is 13.8 Å². The van der Waals surface area contributed by atoms with Crippen LogP contribution in [0.4, 0.5) is 4.39 Å². The van der Waals surface area contributed by atoms with E-state index in [0.29, 0.717) is 0 Å². The van der Waals surface area contributed by atoms with Crippen LogP contribution in [0.15, 0.2) is 29.2 Å². The van der Waals surface area contributed by atoms with Crippen LogP contribution in [-0.4, -0.2) is 25.5 Å². The zero-order valence-electron chi connectivity index (χ0n) is 9.92. The second-order valence-corrected chi connectivity index (χ2v) is 5.85. The molecule has 0 aliphatic carbocycles. The van der Waals surface area contributed by atoms with Crippen LogP contribution in [-0.2, 0) is 14.8 Å². The molecule has 1 aromatic rings. The first kappa shape index (κ1) is 14.6. The number of hydrogen-bond acceptors (Lipinski definition) is 3. The van der Waals surface area contributed by atoms with Gasteiger partial charge in [0.05, 0.1) is 4.90 Å². The summed E-state index contributed by atoms with van der Waals surface area (Å²) in [6, 6.07) is 2.94. The number of sulfonamides is 1. The van der Waals surface area contributed by atoms with Gasteiger partial charge in [0, 0.05) is 0 Å². The average Bonchev–Trinajstić information content (AvgIpc) is 2.26. The smallest absolute Gasteiger partial charge is 0.322 e. The molecule has 0 aromatic heterocycles. The van der Waals surface area contributed by atoms with Crippen molar-refractivity contribution in [2.24, 2.45) is 5.92 Å². The zero-order valence-corrected chi connectivity index (χ0v) is 10.7. The van der Waals surface area contributed by atoms with Crippen molar-refractivity contribution in [2.75, 3.05) is 0 Å². The summed E-state index contributed by atoms with van der Waals surface area (Å²) < 4.78 is 38.5. The highest BCUT2D eigenvalue weighted by atomic mass is 32.2. The fourth-order valence-corrected chi connectivity index (χ4v) is 2.66. The van der Waals surface area contributed by atoms with Crippen molar-refractivity contribution in [1.29, 1.82) is 0 Å². The number of halogens is 1. The van der Waals surface area contributed by atoms with Crippen LogP contribution in [0, 0.1) is 11.7 Å². The van der Waals surface area contributed by atoms with Gasteiger partial charge in [-0.15, -0.1) is 0 Å². The van der Waals surface area contributed by atoms with Gasteiger partial charge in [0.15, 0.2) is 0 Å². The number of carbonyl (C=O) groups is 1. The van der Waals surface area contributed by atoms with Gasteiger partial charge in [-0.05, 0) is 30.2 Å². The lowest BCUT2D eigenvalue weighted by molar-refractivity contribution is -0.140. The van der Waals surface area contributed by atoms with Crippen LogP contribution >= 0.6 is 0 Å². The maximum absolute atomic E-state index is 12.7. The Morgan fingerprint density at radius 2 is 1.78 bits per heavy atom. The predicted molar refractivity (Wildman–Crippen MR) is 63.0 cm³/mol. The molecule has 0 aliphatic rings. The van der Waals surface area contributed by atoms with Crippen molar-refractivity contribution < 1.29 is 22.7 Å². The summed E-state index contributed by atoms with van der Waals surface area (Å²) in [6.45, 7) is 3.18. The summed E-state index contributed by atoms with van der Waals surface area (Å²) >= 11 is 0. The largest absolute Gasteiger partial charge is 0.480 e. The maximum Gasteiger partial charge on any atom is 0.322 e. The van der Waals surface area contributed by atoms with Gasteiger partial charge in [-0.1, -0.05) is 13.8 Å². The molecule has 0 aliphatic heterocycles. The molecule has 1 atom stereocenters. The molecule has 0 fully saturated rings. The van der Waals surface area contributed by atoms with E-state index in [-0.39, 0.29) is 4.90 Å². The van der Waals surface area contributed by atoms with Gasteiger partial charge < -0.3 is 5.11 Å². The number of nitrogens with one attached hydrogen (secondary N) is 1. The highest BCUT2D eigenvalue weighted by molar-refractivity contribution is 7.89. The van der Waals surface area contributed by atoms with Crippen LogP contribution in [0.5, 0.6) is 0 Å². The Bertz CT molecular complexity index is 524.